The van der Waals surface area contributed by atoms with Gasteiger partial charge in [0.2, 0.25) is 5.91 Å². The molecule has 0 radical (unpaired) electrons. The van der Waals surface area contributed by atoms with Crippen molar-refractivity contribution in [1.29, 1.82) is 0 Å². The number of carbonyl (C=O) groups excluding carboxylic acids is 2. The fourth-order valence-corrected chi connectivity index (χ4v) is 2.33. The second kappa shape index (κ2) is 6.37. The number of nitrogens with one attached hydrogen (secondary N) is 1. The van der Waals surface area contributed by atoms with Gasteiger partial charge in [0, 0.05) is 19.0 Å². The lowest BCUT2D eigenvalue weighted by molar-refractivity contribution is -0.186. The third-order valence-corrected chi connectivity index (χ3v) is 3.66. The molecule has 0 unspecified atom stereocenters. The predicted molar refractivity (Wildman–Crippen MR) is 68.4 cm³/mol. The molecule has 1 saturated heterocycles. The van der Waals surface area contributed by atoms with Gasteiger partial charge in [-0.15, -0.1) is 0 Å². The maximum atomic E-state index is 12.3. The van der Waals surface area contributed by atoms with Crippen molar-refractivity contribution < 1.29 is 27.2 Å². The zero-order valence-corrected chi connectivity index (χ0v) is 11.9. The summed E-state index contributed by atoms with van der Waals surface area (Å²) in [6, 6.07) is 0. The van der Waals surface area contributed by atoms with Crippen molar-refractivity contribution in [1.82, 2.24) is 15.2 Å². The fraction of sp³-hybridized carbons (Fsp3) is 0.615. The standard InChI is InChI=1S/C13H16F3N3O3/c1-8-10(22-7-18-8)6-17-11(20)9-2-4-19(5-3-9)12(21)13(14,15)16/h7,9H,2-6H2,1H3,(H,17,20). The lowest BCUT2D eigenvalue weighted by atomic mass is 9.96. The molecule has 0 atom stereocenters. The number of aromatic nitrogens is 1. The average molecular weight is 319 g/mol. The quantitative estimate of drug-likeness (QED) is 0.914. The van der Waals surface area contributed by atoms with Crippen LogP contribution in [0.25, 0.3) is 0 Å². The molecule has 22 heavy (non-hydrogen) atoms. The van der Waals surface area contributed by atoms with Crippen molar-refractivity contribution in [3.8, 4) is 0 Å². The first-order valence-corrected chi connectivity index (χ1v) is 6.82. The Morgan fingerprint density at radius 1 is 1.41 bits per heavy atom. The van der Waals surface area contributed by atoms with Crippen molar-refractivity contribution in [2.24, 2.45) is 5.92 Å². The molecule has 2 heterocycles. The molecule has 122 valence electrons. The summed E-state index contributed by atoms with van der Waals surface area (Å²) < 4.78 is 42.0. The van der Waals surface area contributed by atoms with Crippen molar-refractivity contribution in [3.63, 3.8) is 0 Å². The van der Waals surface area contributed by atoms with Crippen LogP contribution in [0.1, 0.15) is 24.3 Å². The SMILES string of the molecule is Cc1ncoc1CNC(=O)C1CCN(C(=O)C(F)(F)F)CC1. The molecule has 2 amide bonds. The van der Waals surface area contributed by atoms with E-state index < -0.39 is 18.0 Å². The first-order valence-electron chi connectivity index (χ1n) is 6.82. The minimum Gasteiger partial charge on any atom is -0.446 e. The third-order valence-electron chi connectivity index (χ3n) is 3.66. The van der Waals surface area contributed by atoms with E-state index in [2.05, 4.69) is 10.3 Å². The molecule has 1 aliphatic heterocycles. The van der Waals surface area contributed by atoms with Crippen LogP contribution in [0.2, 0.25) is 0 Å². The van der Waals surface area contributed by atoms with Crippen LogP contribution in [0, 0.1) is 12.8 Å². The van der Waals surface area contributed by atoms with E-state index in [1.54, 1.807) is 6.92 Å². The fourth-order valence-electron chi connectivity index (χ4n) is 2.33. The lowest BCUT2D eigenvalue weighted by Gasteiger charge is -2.31. The summed E-state index contributed by atoms with van der Waals surface area (Å²) in [4.78, 5) is 27.7. The van der Waals surface area contributed by atoms with Gasteiger partial charge in [-0.05, 0) is 19.8 Å². The second-order valence-corrected chi connectivity index (χ2v) is 5.14. The van der Waals surface area contributed by atoms with E-state index >= 15 is 0 Å². The number of oxazole rings is 1. The van der Waals surface area contributed by atoms with Gasteiger partial charge < -0.3 is 14.6 Å². The Morgan fingerprint density at radius 3 is 2.55 bits per heavy atom. The van der Waals surface area contributed by atoms with Gasteiger partial charge in [0.25, 0.3) is 0 Å². The Hall–Kier alpha value is -2.06. The van der Waals surface area contributed by atoms with E-state index in [1.807, 2.05) is 0 Å². The van der Waals surface area contributed by atoms with Gasteiger partial charge in [0.1, 0.15) is 5.76 Å². The number of carbonyl (C=O) groups is 2. The number of amides is 2. The van der Waals surface area contributed by atoms with Gasteiger partial charge in [-0.2, -0.15) is 13.2 Å². The number of piperidine rings is 1. The first kappa shape index (κ1) is 16.3. The molecule has 1 aromatic rings. The van der Waals surface area contributed by atoms with Gasteiger partial charge in [-0.25, -0.2) is 4.98 Å². The van der Waals surface area contributed by atoms with Crippen LogP contribution in [-0.2, 0) is 16.1 Å². The van der Waals surface area contributed by atoms with Crippen LogP contribution in [0.3, 0.4) is 0 Å². The van der Waals surface area contributed by atoms with Crippen molar-refractivity contribution >= 4 is 11.8 Å². The summed E-state index contributed by atoms with van der Waals surface area (Å²) in [6.07, 6.45) is -3.16. The van der Waals surface area contributed by atoms with Gasteiger partial charge in [0.15, 0.2) is 6.39 Å². The molecule has 1 aromatic heterocycles. The maximum absolute atomic E-state index is 12.3. The summed E-state index contributed by atoms with van der Waals surface area (Å²) in [5.41, 5.74) is 0.672. The summed E-state index contributed by atoms with van der Waals surface area (Å²) in [5.74, 6) is -1.96. The van der Waals surface area contributed by atoms with Gasteiger partial charge in [0.05, 0.1) is 12.2 Å². The minimum absolute atomic E-state index is 0.0717. The van der Waals surface area contributed by atoms with E-state index in [-0.39, 0.29) is 38.4 Å². The summed E-state index contributed by atoms with van der Waals surface area (Å²) in [5, 5.41) is 2.67. The summed E-state index contributed by atoms with van der Waals surface area (Å²) in [6.45, 7) is 1.79. The molecule has 1 aliphatic rings. The molecule has 0 aromatic carbocycles. The van der Waals surface area contributed by atoms with Crippen molar-refractivity contribution in [2.75, 3.05) is 13.1 Å². The van der Waals surface area contributed by atoms with Gasteiger partial charge >= 0.3 is 12.1 Å². The number of hydrogen-bond acceptors (Lipinski definition) is 4. The van der Waals surface area contributed by atoms with E-state index in [0.29, 0.717) is 11.5 Å². The molecule has 6 nitrogen and oxygen atoms in total. The topological polar surface area (TPSA) is 75.4 Å². The molecule has 0 spiro atoms. The summed E-state index contributed by atoms with van der Waals surface area (Å²) in [7, 11) is 0. The van der Waals surface area contributed by atoms with Crippen molar-refractivity contribution in [3.05, 3.63) is 17.8 Å². The zero-order valence-electron chi connectivity index (χ0n) is 11.9. The number of nitrogens with zero attached hydrogens (tertiary/aromatic N) is 2. The second-order valence-electron chi connectivity index (χ2n) is 5.14. The molecule has 0 bridgehead atoms. The average Bonchev–Trinajstić information content (AvgIpc) is 2.88. The zero-order chi connectivity index (χ0) is 16.3. The van der Waals surface area contributed by atoms with E-state index in [0.717, 1.165) is 4.90 Å². The molecule has 0 saturated carbocycles. The lowest BCUT2D eigenvalue weighted by Crippen LogP contribution is -2.47. The van der Waals surface area contributed by atoms with Crippen molar-refractivity contribution in [2.45, 2.75) is 32.5 Å². The van der Waals surface area contributed by atoms with Crippen LogP contribution >= 0.6 is 0 Å². The first-order chi connectivity index (χ1) is 10.3. The number of aryl methyl sites for hydroxylation is 1. The Morgan fingerprint density at radius 2 is 2.05 bits per heavy atom. The highest BCUT2D eigenvalue weighted by Gasteiger charge is 2.43. The molecule has 1 N–H and O–H groups in total. The Bertz CT molecular complexity index is 548. The van der Waals surface area contributed by atoms with Gasteiger partial charge in [-0.3, -0.25) is 9.59 Å². The molecule has 1 fully saturated rings. The van der Waals surface area contributed by atoms with E-state index in [9.17, 15) is 22.8 Å². The largest absolute Gasteiger partial charge is 0.471 e. The normalized spacial score (nSPS) is 16.6. The predicted octanol–water partition coefficient (Wildman–Crippen LogP) is 1.40. The van der Waals surface area contributed by atoms with Crippen LogP contribution < -0.4 is 5.32 Å². The Balaban J connectivity index is 1.80. The number of halogens is 3. The van der Waals surface area contributed by atoms with Crippen LogP contribution in [0.4, 0.5) is 13.2 Å². The maximum Gasteiger partial charge on any atom is 0.471 e. The molecule has 0 aliphatic carbocycles. The molecular weight excluding hydrogens is 303 g/mol. The minimum atomic E-state index is -4.86. The smallest absolute Gasteiger partial charge is 0.446 e. The number of hydrogen-bond donors (Lipinski definition) is 1. The Kier molecular flexibility index (Phi) is 4.72. The van der Waals surface area contributed by atoms with Crippen LogP contribution in [0.5, 0.6) is 0 Å². The highest BCUT2D eigenvalue weighted by Crippen LogP contribution is 2.24. The monoisotopic (exact) mass is 319 g/mol. The molecule has 2 rings (SSSR count). The molecule has 9 heteroatoms. The number of alkyl halides is 3. The molecular formula is C13H16F3N3O3. The van der Waals surface area contributed by atoms with Crippen LogP contribution in [0.15, 0.2) is 10.8 Å². The number of likely N-dealkylation sites (tertiary alicyclic amines) is 1. The summed E-state index contributed by atoms with van der Waals surface area (Å²) >= 11 is 0. The van der Waals surface area contributed by atoms with E-state index in [1.165, 1.54) is 6.39 Å². The highest BCUT2D eigenvalue weighted by molar-refractivity contribution is 5.83. The van der Waals surface area contributed by atoms with E-state index in [4.69, 9.17) is 4.42 Å². The third kappa shape index (κ3) is 3.77. The van der Waals surface area contributed by atoms with Gasteiger partial charge in [-0.1, -0.05) is 0 Å². The number of rotatable bonds is 3. The van der Waals surface area contributed by atoms with Crippen LogP contribution in [-0.4, -0.2) is 41.0 Å². The Labute approximate surface area is 124 Å². The highest BCUT2D eigenvalue weighted by atomic mass is 19.4.